The Hall–Kier alpha value is -1.60. The lowest BCUT2D eigenvalue weighted by atomic mass is 10.3. The van der Waals surface area contributed by atoms with Gasteiger partial charge in [0.25, 0.3) is 0 Å². The van der Waals surface area contributed by atoms with Crippen LogP contribution in [-0.4, -0.2) is 16.6 Å². The normalized spacial score (nSPS) is 10.3. The van der Waals surface area contributed by atoms with Gasteiger partial charge in [0.15, 0.2) is 5.13 Å². The zero-order valence-corrected chi connectivity index (χ0v) is 10.9. The molecule has 0 bridgehead atoms. The summed E-state index contributed by atoms with van der Waals surface area (Å²) in [6.45, 7) is 0. The van der Waals surface area contributed by atoms with Gasteiger partial charge in [-0.3, -0.25) is 4.79 Å². The number of thiazole rings is 1. The standard InChI is InChI=1S/C11H10FN3OS2/c12-8-5-7(13)1-2-9(8)18-6-10(16)15-11-14-3-4-17-11/h1-5H,6,13H2,(H,14,15,16). The van der Waals surface area contributed by atoms with Crippen LogP contribution in [0.1, 0.15) is 0 Å². The number of nitrogens with two attached hydrogens (primary N) is 1. The van der Waals surface area contributed by atoms with Crippen LogP contribution in [0.5, 0.6) is 0 Å². The van der Waals surface area contributed by atoms with Gasteiger partial charge in [0.2, 0.25) is 5.91 Å². The van der Waals surface area contributed by atoms with E-state index in [1.807, 2.05) is 0 Å². The number of nitrogens with one attached hydrogen (secondary N) is 1. The molecule has 0 aliphatic carbocycles. The molecule has 0 saturated heterocycles. The fourth-order valence-corrected chi connectivity index (χ4v) is 2.48. The lowest BCUT2D eigenvalue weighted by Crippen LogP contribution is -2.13. The number of thioether (sulfide) groups is 1. The molecule has 2 rings (SSSR count). The lowest BCUT2D eigenvalue weighted by molar-refractivity contribution is -0.113. The topological polar surface area (TPSA) is 68.0 Å². The molecule has 0 unspecified atom stereocenters. The van der Waals surface area contributed by atoms with E-state index in [-0.39, 0.29) is 11.7 Å². The number of amides is 1. The molecule has 0 atom stereocenters. The summed E-state index contributed by atoms with van der Waals surface area (Å²) in [6.07, 6.45) is 1.60. The average Bonchev–Trinajstić information content (AvgIpc) is 2.80. The van der Waals surface area contributed by atoms with E-state index in [0.29, 0.717) is 15.7 Å². The third kappa shape index (κ3) is 3.44. The van der Waals surface area contributed by atoms with Gasteiger partial charge in [0.1, 0.15) is 5.82 Å². The van der Waals surface area contributed by atoms with Crippen LogP contribution in [0.3, 0.4) is 0 Å². The summed E-state index contributed by atoms with van der Waals surface area (Å²) in [5.74, 6) is -0.506. The number of halogens is 1. The van der Waals surface area contributed by atoms with Crippen molar-refractivity contribution in [1.82, 2.24) is 4.98 Å². The Labute approximate surface area is 111 Å². The first-order chi connectivity index (χ1) is 8.65. The number of hydrogen-bond donors (Lipinski definition) is 2. The fourth-order valence-electron chi connectivity index (χ4n) is 1.22. The van der Waals surface area contributed by atoms with Crippen LogP contribution in [0.4, 0.5) is 15.2 Å². The highest BCUT2D eigenvalue weighted by atomic mass is 32.2. The first-order valence-corrected chi connectivity index (χ1v) is 6.89. The Bertz CT molecular complexity index is 545. The highest BCUT2D eigenvalue weighted by Crippen LogP contribution is 2.23. The van der Waals surface area contributed by atoms with Gasteiger partial charge in [0, 0.05) is 22.2 Å². The van der Waals surface area contributed by atoms with Crippen molar-refractivity contribution in [2.75, 3.05) is 16.8 Å². The number of carbonyl (C=O) groups excluding carboxylic acids is 1. The molecule has 1 heterocycles. The summed E-state index contributed by atoms with van der Waals surface area (Å²) in [5.41, 5.74) is 5.80. The molecule has 94 valence electrons. The number of aromatic nitrogens is 1. The van der Waals surface area contributed by atoms with Gasteiger partial charge in [-0.2, -0.15) is 0 Å². The molecular weight excluding hydrogens is 273 g/mol. The van der Waals surface area contributed by atoms with Crippen LogP contribution in [0.2, 0.25) is 0 Å². The predicted octanol–water partition coefficient (Wildman–Crippen LogP) is 2.60. The molecule has 0 aliphatic rings. The van der Waals surface area contributed by atoms with E-state index in [4.69, 9.17) is 5.73 Å². The number of rotatable bonds is 4. The van der Waals surface area contributed by atoms with Crippen molar-refractivity contribution in [1.29, 1.82) is 0 Å². The Morgan fingerprint density at radius 3 is 3.06 bits per heavy atom. The van der Waals surface area contributed by atoms with Crippen LogP contribution < -0.4 is 11.1 Å². The Morgan fingerprint density at radius 2 is 2.39 bits per heavy atom. The van der Waals surface area contributed by atoms with E-state index in [0.717, 1.165) is 11.8 Å². The minimum Gasteiger partial charge on any atom is -0.399 e. The summed E-state index contributed by atoms with van der Waals surface area (Å²) in [6, 6.07) is 4.40. The highest BCUT2D eigenvalue weighted by molar-refractivity contribution is 8.00. The first-order valence-electron chi connectivity index (χ1n) is 5.02. The predicted molar refractivity (Wildman–Crippen MR) is 72.3 cm³/mol. The van der Waals surface area contributed by atoms with Gasteiger partial charge in [-0.25, -0.2) is 9.37 Å². The van der Waals surface area contributed by atoms with E-state index in [2.05, 4.69) is 10.3 Å². The number of benzene rings is 1. The Morgan fingerprint density at radius 1 is 1.56 bits per heavy atom. The quantitative estimate of drug-likeness (QED) is 0.668. The highest BCUT2D eigenvalue weighted by Gasteiger charge is 2.08. The summed E-state index contributed by atoms with van der Waals surface area (Å²) in [5, 5.41) is 4.93. The van der Waals surface area contributed by atoms with Crippen molar-refractivity contribution in [2.45, 2.75) is 4.90 Å². The number of carbonyl (C=O) groups is 1. The van der Waals surface area contributed by atoms with Crippen molar-refractivity contribution in [3.63, 3.8) is 0 Å². The molecule has 0 aliphatic heterocycles. The van der Waals surface area contributed by atoms with E-state index < -0.39 is 5.82 Å². The Balaban J connectivity index is 1.89. The summed E-state index contributed by atoms with van der Waals surface area (Å²) in [4.78, 5) is 15.9. The zero-order chi connectivity index (χ0) is 13.0. The molecule has 4 nitrogen and oxygen atoms in total. The lowest BCUT2D eigenvalue weighted by Gasteiger charge is -2.04. The summed E-state index contributed by atoms with van der Waals surface area (Å²) < 4.78 is 13.4. The van der Waals surface area contributed by atoms with Gasteiger partial charge in [-0.15, -0.1) is 23.1 Å². The maximum absolute atomic E-state index is 13.4. The molecule has 2 aromatic rings. The second-order valence-corrected chi connectivity index (χ2v) is 5.28. The smallest absolute Gasteiger partial charge is 0.236 e. The molecule has 0 radical (unpaired) electrons. The minimum atomic E-state index is -0.415. The molecule has 3 N–H and O–H groups in total. The number of anilines is 2. The average molecular weight is 283 g/mol. The monoisotopic (exact) mass is 283 g/mol. The summed E-state index contributed by atoms with van der Waals surface area (Å²) in [7, 11) is 0. The van der Waals surface area contributed by atoms with Gasteiger partial charge < -0.3 is 11.1 Å². The SMILES string of the molecule is Nc1ccc(SCC(=O)Nc2nccs2)c(F)c1. The van der Waals surface area contributed by atoms with E-state index >= 15 is 0 Å². The van der Waals surface area contributed by atoms with Crippen molar-refractivity contribution in [2.24, 2.45) is 0 Å². The van der Waals surface area contributed by atoms with Gasteiger partial charge >= 0.3 is 0 Å². The van der Waals surface area contributed by atoms with Crippen LogP contribution in [-0.2, 0) is 4.79 Å². The maximum Gasteiger partial charge on any atom is 0.236 e. The molecule has 1 aromatic carbocycles. The van der Waals surface area contributed by atoms with E-state index in [9.17, 15) is 9.18 Å². The molecule has 18 heavy (non-hydrogen) atoms. The van der Waals surface area contributed by atoms with Crippen molar-refractivity contribution < 1.29 is 9.18 Å². The largest absolute Gasteiger partial charge is 0.399 e. The van der Waals surface area contributed by atoms with Gasteiger partial charge in [0.05, 0.1) is 5.75 Å². The number of nitrogen functional groups attached to an aromatic ring is 1. The molecule has 1 amide bonds. The van der Waals surface area contributed by atoms with Gasteiger partial charge in [-0.1, -0.05) is 0 Å². The van der Waals surface area contributed by atoms with Crippen molar-refractivity contribution in [3.8, 4) is 0 Å². The molecule has 0 fully saturated rings. The van der Waals surface area contributed by atoms with Crippen molar-refractivity contribution in [3.05, 3.63) is 35.6 Å². The van der Waals surface area contributed by atoms with E-state index in [1.54, 1.807) is 23.7 Å². The van der Waals surface area contributed by atoms with E-state index in [1.165, 1.54) is 17.4 Å². The van der Waals surface area contributed by atoms with Crippen LogP contribution in [0.25, 0.3) is 0 Å². The molecular formula is C11H10FN3OS2. The molecule has 0 saturated carbocycles. The first kappa shape index (κ1) is 12.8. The Kier molecular flexibility index (Phi) is 4.16. The molecule has 1 aromatic heterocycles. The minimum absolute atomic E-state index is 0.125. The van der Waals surface area contributed by atoms with Crippen LogP contribution >= 0.6 is 23.1 Å². The second kappa shape index (κ2) is 5.83. The second-order valence-electron chi connectivity index (χ2n) is 3.36. The summed E-state index contributed by atoms with van der Waals surface area (Å²) >= 11 is 2.46. The zero-order valence-electron chi connectivity index (χ0n) is 9.22. The van der Waals surface area contributed by atoms with Crippen molar-refractivity contribution >= 4 is 39.8 Å². The third-order valence-electron chi connectivity index (χ3n) is 1.99. The van der Waals surface area contributed by atoms with Crippen LogP contribution in [0.15, 0.2) is 34.7 Å². The number of hydrogen-bond acceptors (Lipinski definition) is 5. The molecule has 7 heteroatoms. The molecule has 0 spiro atoms. The third-order valence-corrected chi connectivity index (χ3v) is 3.73. The maximum atomic E-state index is 13.4. The number of nitrogens with zero attached hydrogens (tertiary/aromatic N) is 1. The van der Waals surface area contributed by atoms with Gasteiger partial charge in [-0.05, 0) is 18.2 Å². The van der Waals surface area contributed by atoms with Crippen LogP contribution in [0, 0.1) is 5.82 Å². The fraction of sp³-hybridized carbons (Fsp3) is 0.0909.